The van der Waals surface area contributed by atoms with Crippen molar-refractivity contribution in [3.05, 3.63) is 0 Å². The van der Waals surface area contributed by atoms with Crippen molar-refractivity contribution in [3.63, 3.8) is 0 Å². The molecule has 0 aromatic rings. The third-order valence-electron chi connectivity index (χ3n) is 3.46. The van der Waals surface area contributed by atoms with Gasteiger partial charge in [0.05, 0.1) is 12.5 Å². The molecule has 2 atom stereocenters. The Morgan fingerprint density at radius 3 is 2.41 bits per heavy atom. The fourth-order valence-corrected chi connectivity index (χ4v) is 2.21. The highest BCUT2D eigenvalue weighted by atomic mass is 16.2. The molecule has 0 radical (unpaired) electrons. The van der Waals surface area contributed by atoms with Crippen LogP contribution in [0.15, 0.2) is 0 Å². The lowest BCUT2D eigenvalue weighted by Crippen LogP contribution is -2.45. The first-order valence-corrected chi connectivity index (χ1v) is 6.04. The Hall–Kier alpha value is -1.10. The minimum atomic E-state index is -0.786. The van der Waals surface area contributed by atoms with Crippen molar-refractivity contribution >= 4 is 11.8 Å². The smallest absolute Gasteiger partial charge is 0.240 e. The number of nitrogens with zero attached hydrogens (tertiary/aromatic N) is 1. The van der Waals surface area contributed by atoms with Crippen LogP contribution >= 0.6 is 0 Å². The summed E-state index contributed by atoms with van der Waals surface area (Å²) in [6, 6.07) is -0.786. The van der Waals surface area contributed by atoms with Gasteiger partial charge in [0, 0.05) is 13.1 Å². The molecule has 0 saturated carbocycles. The zero-order chi connectivity index (χ0) is 13.2. The van der Waals surface area contributed by atoms with Crippen molar-refractivity contribution in [1.82, 2.24) is 4.90 Å². The molecule has 98 valence electrons. The molecule has 0 aromatic heterocycles. The van der Waals surface area contributed by atoms with Crippen LogP contribution in [0.2, 0.25) is 0 Å². The summed E-state index contributed by atoms with van der Waals surface area (Å²) >= 11 is 0. The molecule has 0 bridgehead atoms. The third-order valence-corrected chi connectivity index (χ3v) is 3.46. The van der Waals surface area contributed by atoms with Crippen LogP contribution < -0.4 is 11.5 Å². The van der Waals surface area contributed by atoms with Crippen LogP contribution in [-0.2, 0) is 9.59 Å². The minimum Gasteiger partial charge on any atom is -0.370 e. The Labute approximate surface area is 103 Å². The molecule has 17 heavy (non-hydrogen) atoms. The van der Waals surface area contributed by atoms with Gasteiger partial charge in [0.25, 0.3) is 0 Å². The summed E-state index contributed by atoms with van der Waals surface area (Å²) in [6.07, 6.45) is 0.925. The summed E-state index contributed by atoms with van der Waals surface area (Å²) in [4.78, 5) is 24.4. The van der Waals surface area contributed by atoms with E-state index in [-0.39, 0.29) is 17.7 Å². The maximum absolute atomic E-state index is 11.9. The van der Waals surface area contributed by atoms with Gasteiger partial charge in [0.1, 0.15) is 0 Å². The number of hydrogen-bond acceptors (Lipinski definition) is 3. The van der Waals surface area contributed by atoms with Crippen molar-refractivity contribution in [2.75, 3.05) is 13.1 Å². The first-order chi connectivity index (χ1) is 7.71. The molecule has 1 rings (SSSR count). The number of amides is 2. The van der Waals surface area contributed by atoms with Gasteiger partial charge in [-0.25, -0.2) is 0 Å². The lowest BCUT2D eigenvalue weighted by Gasteiger charge is -2.27. The Bertz CT molecular complexity index is 309. The van der Waals surface area contributed by atoms with Crippen molar-refractivity contribution in [1.29, 1.82) is 0 Å². The molecule has 1 heterocycles. The SMILES string of the molecule is CC(C)(C)C1CCN(C(=O)C(N)CC(N)=O)C1. The van der Waals surface area contributed by atoms with E-state index in [9.17, 15) is 9.59 Å². The van der Waals surface area contributed by atoms with E-state index in [1.165, 1.54) is 0 Å². The summed E-state index contributed by atoms with van der Waals surface area (Å²) in [5, 5.41) is 0. The highest BCUT2D eigenvalue weighted by Crippen LogP contribution is 2.33. The van der Waals surface area contributed by atoms with Gasteiger partial charge in [-0.15, -0.1) is 0 Å². The predicted molar refractivity (Wildman–Crippen MR) is 65.9 cm³/mol. The molecular formula is C12H23N3O2. The maximum Gasteiger partial charge on any atom is 0.240 e. The standard InChI is InChI=1S/C12H23N3O2/c1-12(2,3)8-4-5-15(7-8)11(17)9(13)6-10(14)16/h8-9H,4-7,13H2,1-3H3,(H2,14,16). The van der Waals surface area contributed by atoms with Crippen molar-refractivity contribution in [2.45, 2.75) is 39.7 Å². The highest BCUT2D eigenvalue weighted by molar-refractivity contribution is 5.87. The van der Waals surface area contributed by atoms with Crippen LogP contribution in [0.25, 0.3) is 0 Å². The normalized spacial score (nSPS) is 22.6. The average molecular weight is 241 g/mol. The first kappa shape index (κ1) is 14.0. The molecule has 1 saturated heterocycles. The predicted octanol–water partition coefficient (Wildman–Crippen LogP) is 0.0837. The van der Waals surface area contributed by atoms with Gasteiger partial charge >= 0.3 is 0 Å². The van der Waals surface area contributed by atoms with Crippen LogP contribution in [0.1, 0.15) is 33.6 Å². The van der Waals surface area contributed by atoms with Gasteiger partial charge in [0.15, 0.2) is 0 Å². The van der Waals surface area contributed by atoms with Crippen molar-refractivity contribution < 1.29 is 9.59 Å². The van der Waals surface area contributed by atoms with Crippen molar-refractivity contribution in [2.24, 2.45) is 22.8 Å². The molecule has 5 heteroatoms. The average Bonchev–Trinajstić information content (AvgIpc) is 2.63. The fraction of sp³-hybridized carbons (Fsp3) is 0.833. The second-order valence-electron chi connectivity index (χ2n) is 5.91. The highest BCUT2D eigenvalue weighted by Gasteiger charge is 2.35. The summed E-state index contributed by atoms with van der Waals surface area (Å²) in [5.74, 6) is -0.194. The fourth-order valence-electron chi connectivity index (χ4n) is 2.21. The number of carbonyl (C=O) groups is 2. The Morgan fingerprint density at radius 2 is 2.00 bits per heavy atom. The zero-order valence-corrected chi connectivity index (χ0v) is 10.9. The molecule has 0 spiro atoms. The maximum atomic E-state index is 11.9. The van der Waals surface area contributed by atoms with Gasteiger partial charge in [-0.1, -0.05) is 20.8 Å². The van der Waals surface area contributed by atoms with Crippen molar-refractivity contribution in [3.8, 4) is 0 Å². The van der Waals surface area contributed by atoms with Crippen LogP contribution in [0.3, 0.4) is 0 Å². The molecule has 1 aliphatic rings. The number of likely N-dealkylation sites (tertiary alicyclic amines) is 1. The zero-order valence-electron chi connectivity index (χ0n) is 10.9. The van der Waals surface area contributed by atoms with E-state index < -0.39 is 11.9 Å². The van der Waals surface area contributed by atoms with Gasteiger partial charge < -0.3 is 16.4 Å². The van der Waals surface area contributed by atoms with Crippen LogP contribution in [0, 0.1) is 11.3 Å². The van der Waals surface area contributed by atoms with Gasteiger partial charge in [-0.3, -0.25) is 9.59 Å². The van der Waals surface area contributed by atoms with E-state index in [0.717, 1.165) is 19.5 Å². The van der Waals surface area contributed by atoms with Gasteiger partial charge in [-0.2, -0.15) is 0 Å². The summed E-state index contributed by atoms with van der Waals surface area (Å²) in [7, 11) is 0. The molecule has 2 unspecified atom stereocenters. The molecule has 1 aliphatic heterocycles. The molecule has 0 aromatic carbocycles. The van der Waals surface area contributed by atoms with Crippen LogP contribution in [-0.4, -0.2) is 35.8 Å². The Kier molecular flexibility index (Phi) is 4.14. The van der Waals surface area contributed by atoms with E-state index in [4.69, 9.17) is 11.5 Å². The molecular weight excluding hydrogens is 218 g/mol. The Balaban J connectivity index is 2.54. The number of primary amides is 1. The lowest BCUT2D eigenvalue weighted by atomic mass is 9.80. The van der Waals surface area contributed by atoms with Gasteiger partial charge in [0.2, 0.25) is 11.8 Å². The number of carbonyl (C=O) groups excluding carboxylic acids is 2. The first-order valence-electron chi connectivity index (χ1n) is 6.04. The van der Waals surface area contributed by atoms with E-state index in [1.54, 1.807) is 4.90 Å². The topological polar surface area (TPSA) is 89.4 Å². The molecule has 4 N–H and O–H groups in total. The van der Waals surface area contributed by atoms with E-state index >= 15 is 0 Å². The summed E-state index contributed by atoms with van der Waals surface area (Å²) < 4.78 is 0. The summed E-state index contributed by atoms with van der Waals surface area (Å²) in [5.41, 5.74) is 10.9. The third kappa shape index (κ3) is 3.70. The monoisotopic (exact) mass is 241 g/mol. The molecule has 5 nitrogen and oxygen atoms in total. The lowest BCUT2D eigenvalue weighted by molar-refractivity contribution is -0.133. The quantitative estimate of drug-likeness (QED) is 0.733. The largest absolute Gasteiger partial charge is 0.370 e. The second-order valence-corrected chi connectivity index (χ2v) is 5.91. The molecule has 0 aliphatic carbocycles. The van der Waals surface area contributed by atoms with E-state index in [2.05, 4.69) is 20.8 Å². The Morgan fingerprint density at radius 1 is 1.41 bits per heavy atom. The van der Waals surface area contributed by atoms with E-state index in [0.29, 0.717) is 5.92 Å². The second kappa shape index (κ2) is 5.04. The summed E-state index contributed by atoms with van der Waals surface area (Å²) in [6.45, 7) is 7.99. The minimum absolute atomic E-state index is 0.0739. The van der Waals surface area contributed by atoms with Crippen LogP contribution in [0.4, 0.5) is 0 Å². The number of nitrogens with two attached hydrogens (primary N) is 2. The molecule has 2 amide bonds. The number of hydrogen-bond donors (Lipinski definition) is 2. The van der Waals surface area contributed by atoms with Gasteiger partial charge in [-0.05, 0) is 17.8 Å². The van der Waals surface area contributed by atoms with E-state index in [1.807, 2.05) is 0 Å². The number of rotatable bonds is 3. The van der Waals surface area contributed by atoms with Crippen LogP contribution in [0.5, 0.6) is 0 Å². The molecule has 1 fully saturated rings.